The van der Waals surface area contributed by atoms with Gasteiger partial charge in [-0.3, -0.25) is 0 Å². The zero-order valence-corrected chi connectivity index (χ0v) is 17.3. The van der Waals surface area contributed by atoms with Crippen molar-refractivity contribution >= 4 is 0 Å². The van der Waals surface area contributed by atoms with Gasteiger partial charge in [-0.25, -0.2) is 9.78 Å². The third-order valence-electron chi connectivity index (χ3n) is 5.67. The van der Waals surface area contributed by atoms with Gasteiger partial charge in [-0.15, -0.1) is 6.58 Å². The van der Waals surface area contributed by atoms with Crippen molar-refractivity contribution in [1.82, 2.24) is 0 Å². The summed E-state index contributed by atoms with van der Waals surface area (Å²) in [6.07, 6.45) is 27.2. The van der Waals surface area contributed by atoms with Crippen molar-refractivity contribution < 1.29 is 14.5 Å². The first-order valence-corrected chi connectivity index (χ1v) is 11.2. The predicted octanol–water partition coefficient (Wildman–Crippen LogP) is 6.84. The molecule has 0 spiro atoms. The molecule has 2 aliphatic rings. The van der Waals surface area contributed by atoms with E-state index in [2.05, 4.69) is 37.8 Å². The van der Waals surface area contributed by atoms with Crippen molar-refractivity contribution in [3.05, 3.63) is 37.0 Å². The number of hydrogen-bond acceptors (Lipinski definition) is 3. The Kier molecular flexibility index (Phi) is 11.7. The molecule has 3 nitrogen and oxygen atoms in total. The van der Waals surface area contributed by atoms with E-state index in [1.807, 2.05) is 6.08 Å². The molecule has 4 atom stereocenters. The molecule has 0 aromatic rings. The van der Waals surface area contributed by atoms with Crippen LogP contribution in [-0.4, -0.2) is 24.4 Å². The van der Waals surface area contributed by atoms with E-state index >= 15 is 0 Å². The lowest BCUT2D eigenvalue weighted by atomic mass is 10.0. The Balaban J connectivity index is 1.43. The van der Waals surface area contributed by atoms with Gasteiger partial charge in [0.25, 0.3) is 0 Å². The summed E-state index contributed by atoms with van der Waals surface area (Å²) in [5.74, 6) is 0. The fourth-order valence-corrected chi connectivity index (χ4v) is 3.89. The van der Waals surface area contributed by atoms with E-state index in [1.165, 1.54) is 44.9 Å². The molecule has 2 fully saturated rings. The van der Waals surface area contributed by atoms with Crippen LogP contribution in [-0.2, 0) is 14.5 Å². The summed E-state index contributed by atoms with van der Waals surface area (Å²) in [5.41, 5.74) is 0. The predicted molar refractivity (Wildman–Crippen MR) is 113 cm³/mol. The van der Waals surface area contributed by atoms with Gasteiger partial charge in [-0.1, -0.05) is 56.6 Å². The van der Waals surface area contributed by atoms with Gasteiger partial charge in [-0.2, -0.15) is 0 Å². The number of unbranched alkanes of at least 4 members (excludes halogenated alkanes) is 5. The minimum Gasteiger partial charge on any atom is -0.372 e. The molecule has 2 rings (SSSR count). The Morgan fingerprint density at radius 2 is 1.52 bits per heavy atom. The van der Waals surface area contributed by atoms with Gasteiger partial charge in [0.1, 0.15) is 6.10 Å². The zero-order valence-electron chi connectivity index (χ0n) is 17.3. The molecule has 0 radical (unpaired) electrons. The van der Waals surface area contributed by atoms with Crippen LogP contribution in [0, 0.1) is 0 Å². The lowest BCUT2D eigenvalue weighted by molar-refractivity contribution is -0.386. The quantitative estimate of drug-likeness (QED) is 0.152. The molecule has 2 saturated heterocycles. The van der Waals surface area contributed by atoms with Crippen LogP contribution in [0.4, 0.5) is 0 Å². The lowest BCUT2D eigenvalue weighted by Crippen LogP contribution is -2.36. The van der Waals surface area contributed by atoms with Crippen molar-refractivity contribution in [3.63, 3.8) is 0 Å². The van der Waals surface area contributed by atoms with E-state index in [-0.39, 0.29) is 18.3 Å². The average Bonchev–Trinajstić information content (AvgIpc) is 3.18. The first-order chi connectivity index (χ1) is 13.3. The normalized spacial score (nSPS) is 29.1. The van der Waals surface area contributed by atoms with Crippen LogP contribution in [0.2, 0.25) is 0 Å². The highest BCUT2D eigenvalue weighted by atomic mass is 17.2. The van der Waals surface area contributed by atoms with Crippen LogP contribution < -0.4 is 0 Å². The maximum Gasteiger partial charge on any atom is 0.119 e. The second kappa shape index (κ2) is 14.1. The molecule has 154 valence electrons. The second-order valence-corrected chi connectivity index (χ2v) is 7.93. The maximum absolute atomic E-state index is 6.24. The number of hydrogen-bond donors (Lipinski definition) is 0. The number of allylic oxidation sites excluding steroid dienone is 5. The molecule has 0 amide bonds. The van der Waals surface area contributed by atoms with Crippen LogP contribution in [0.15, 0.2) is 37.0 Å². The van der Waals surface area contributed by atoms with Gasteiger partial charge in [-0.05, 0) is 64.2 Å². The fraction of sp³-hybridized carbons (Fsp3) is 0.750. The lowest BCUT2D eigenvalue weighted by Gasteiger charge is -2.30. The zero-order chi connectivity index (χ0) is 19.2. The van der Waals surface area contributed by atoms with E-state index < -0.39 is 0 Å². The summed E-state index contributed by atoms with van der Waals surface area (Å²) in [4.78, 5) is 11.1. The molecule has 0 aliphatic carbocycles. The molecule has 0 N–H and O–H groups in total. The molecule has 1 unspecified atom stereocenters. The van der Waals surface area contributed by atoms with Crippen molar-refractivity contribution in [3.8, 4) is 0 Å². The summed E-state index contributed by atoms with van der Waals surface area (Å²) in [7, 11) is 0. The summed E-state index contributed by atoms with van der Waals surface area (Å²) >= 11 is 0. The maximum atomic E-state index is 6.24. The Bertz CT molecular complexity index is 435. The van der Waals surface area contributed by atoms with Gasteiger partial charge < -0.3 is 4.74 Å². The van der Waals surface area contributed by atoms with E-state index in [0.717, 1.165) is 38.5 Å². The van der Waals surface area contributed by atoms with Crippen LogP contribution in [0.5, 0.6) is 0 Å². The molecule has 2 heterocycles. The van der Waals surface area contributed by atoms with Crippen molar-refractivity contribution in [2.24, 2.45) is 0 Å². The Morgan fingerprint density at radius 1 is 0.778 bits per heavy atom. The molecule has 0 aromatic carbocycles. The monoisotopic (exact) mass is 376 g/mol. The second-order valence-electron chi connectivity index (χ2n) is 7.93. The summed E-state index contributed by atoms with van der Waals surface area (Å²) < 4.78 is 6.24. The molecule has 2 aliphatic heterocycles. The molecule has 0 bridgehead atoms. The first-order valence-electron chi connectivity index (χ1n) is 11.2. The van der Waals surface area contributed by atoms with Gasteiger partial charge in [0.2, 0.25) is 0 Å². The third kappa shape index (κ3) is 9.23. The summed E-state index contributed by atoms with van der Waals surface area (Å²) in [6.45, 7) is 5.88. The highest BCUT2D eigenvalue weighted by Crippen LogP contribution is 2.31. The van der Waals surface area contributed by atoms with E-state index in [4.69, 9.17) is 14.5 Å². The van der Waals surface area contributed by atoms with Crippen LogP contribution in [0.3, 0.4) is 0 Å². The first kappa shape index (κ1) is 22.4. The Morgan fingerprint density at radius 3 is 2.26 bits per heavy atom. The molecular formula is C24H40O3. The number of rotatable bonds is 13. The Hall–Kier alpha value is -0.900. The highest BCUT2D eigenvalue weighted by molar-refractivity contribution is 5.02. The van der Waals surface area contributed by atoms with Crippen LogP contribution in [0.1, 0.15) is 90.4 Å². The van der Waals surface area contributed by atoms with Gasteiger partial charge >= 0.3 is 0 Å². The minimum atomic E-state index is 0.149. The van der Waals surface area contributed by atoms with Crippen molar-refractivity contribution in [1.29, 1.82) is 0 Å². The molecule has 3 heteroatoms. The van der Waals surface area contributed by atoms with Gasteiger partial charge in [0, 0.05) is 0 Å². The molecule has 0 aromatic heterocycles. The Labute approximate surface area is 166 Å². The smallest absolute Gasteiger partial charge is 0.119 e. The number of ether oxygens (including phenoxy) is 1. The summed E-state index contributed by atoms with van der Waals surface area (Å²) in [6, 6.07) is 0. The van der Waals surface area contributed by atoms with Gasteiger partial charge in [0.05, 0.1) is 18.3 Å². The molecular weight excluding hydrogens is 336 g/mol. The van der Waals surface area contributed by atoms with Crippen LogP contribution >= 0.6 is 0 Å². The summed E-state index contributed by atoms with van der Waals surface area (Å²) in [5, 5.41) is 0. The topological polar surface area (TPSA) is 27.7 Å². The largest absolute Gasteiger partial charge is 0.372 e. The standard InChI is InChI=1S/C24H40O3/c1-3-5-6-7-8-9-10-11-12-13-14-15-16-22-18-19-23(25-22)24-20-17-21(4-2)26-27-24/h3,7-10,21-24H,1,4-6,11-20H2,2H3/b8-7+,10-9-/t21-,22+,23-,24?/m1/s1. The van der Waals surface area contributed by atoms with Crippen molar-refractivity contribution in [2.45, 2.75) is 115 Å². The molecule has 27 heavy (non-hydrogen) atoms. The van der Waals surface area contributed by atoms with E-state index in [1.54, 1.807) is 0 Å². The highest BCUT2D eigenvalue weighted by Gasteiger charge is 2.35. The minimum absolute atomic E-state index is 0.149. The third-order valence-corrected chi connectivity index (χ3v) is 5.67. The fourth-order valence-electron chi connectivity index (χ4n) is 3.89. The SMILES string of the molecule is C=CCC/C=C/C=C\CCCCCC[C@H]1CC[C@H](C2CC[C@@H](CC)OO2)O1. The van der Waals surface area contributed by atoms with Gasteiger partial charge in [0.15, 0.2) is 0 Å². The van der Waals surface area contributed by atoms with E-state index in [9.17, 15) is 0 Å². The molecule has 0 saturated carbocycles. The average molecular weight is 377 g/mol. The van der Waals surface area contributed by atoms with E-state index in [0.29, 0.717) is 6.10 Å². The van der Waals surface area contributed by atoms with Crippen LogP contribution in [0.25, 0.3) is 0 Å². The van der Waals surface area contributed by atoms with Crippen molar-refractivity contribution in [2.75, 3.05) is 0 Å².